The van der Waals surface area contributed by atoms with Gasteiger partial charge >= 0.3 is 13.8 Å². The molecule has 0 heterocycles. The van der Waals surface area contributed by atoms with Crippen LogP contribution in [0.4, 0.5) is 0 Å². The fourth-order valence-electron chi connectivity index (χ4n) is 2.97. The molecule has 0 radical (unpaired) electrons. The van der Waals surface area contributed by atoms with E-state index in [4.69, 9.17) is 10.5 Å². The number of aliphatic hydroxyl groups is 1. The lowest BCUT2D eigenvalue weighted by molar-refractivity contribution is -0.147. The van der Waals surface area contributed by atoms with Crippen molar-refractivity contribution in [3.8, 4) is 0 Å². The van der Waals surface area contributed by atoms with Gasteiger partial charge in [0, 0.05) is 13.0 Å². The van der Waals surface area contributed by atoms with Crippen molar-refractivity contribution in [2.45, 2.75) is 77.2 Å². The van der Waals surface area contributed by atoms with E-state index >= 15 is 0 Å². The maximum atomic E-state index is 11.7. The number of unbranched alkanes of at least 4 members (excludes halogenated alkanes) is 1. The van der Waals surface area contributed by atoms with Crippen molar-refractivity contribution in [3.63, 3.8) is 0 Å². The number of esters is 1. The molecular weight excluding hydrogens is 529 g/mol. The topological polar surface area (TPSA) is 128 Å². The summed E-state index contributed by atoms with van der Waals surface area (Å²) in [5.74, 6) is -0.448. The molecule has 2 atom stereocenters. The average Bonchev–Trinajstić information content (AvgIpc) is 2.94. The second kappa shape index (κ2) is 28.2. The minimum Gasteiger partial charge on any atom is -0.463 e. The molecule has 0 aliphatic carbocycles. The largest absolute Gasteiger partial charge is 0.472 e. The highest BCUT2D eigenvalue weighted by atomic mass is 31.2. The fraction of sp³-hybridized carbons (Fsp3) is 0.516. The highest BCUT2D eigenvalue weighted by Gasteiger charge is 2.22. The van der Waals surface area contributed by atoms with Crippen LogP contribution in [0.5, 0.6) is 0 Å². The van der Waals surface area contributed by atoms with Crippen LogP contribution in [0.1, 0.15) is 71.1 Å². The smallest absolute Gasteiger partial charge is 0.463 e. The zero-order valence-corrected chi connectivity index (χ0v) is 24.9. The molecule has 0 spiro atoms. The molecule has 0 aliphatic rings. The summed E-state index contributed by atoms with van der Waals surface area (Å²) in [4.78, 5) is 21.1. The molecule has 40 heavy (non-hydrogen) atoms. The molecule has 2 unspecified atom stereocenters. The molecule has 0 fully saturated rings. The second-order valence-corrected chi connectivity index (χ2v) is 10.2. The molecule has 0 aliphatic heterocycles. The van der Waals surface area contributed by atoms with Gasteiger partial charge in [-0.2, -0.15) is 0 Å². The number of phosphoric ester groups is 1. The van der Waals surface area contributed by atoms with Gasteiger partial charge in [-0.1, -0.05) is 92.0 Å². The second-order valence-electron chi connectivity index (χ2n) is 8.74. The number of carbonyl (C=O) groups is 1. The molecule has 0 saturated carbocycles. The van der Waals surface area contributed by atoms with Crippen LogP contribution in [0.15, 0.2) is 85.1 Å². The first-order chi connectivity index (χ1) is 19.4. The molecule has 8 nitrogen and oxygen atoms in total. The van der Waals surface area contributed by atoms with Crippen molar-refractivity contribution in [2.75, 3.05) is 26.4 Å². The van der Waals surface area contributed by atoms with E-state index in [0.29, 0.717) is 6.42 Å². The third kappa shape index (κ3) is 28.7. The Morgan fingerprint density at radius 2 is 1.20 bits per heavy atom. The quantitative estimate of drug-likeness (QED) is 0.0466. The summed E-state index contributed by atoms with van der Waals surface area (Å²) in [5.41, 5.74) is 5.17. The lowest BCUT2D eigenvalue weighted by Crippen LogP contribution is -2.23. The third-order valence-corrected chi connectivity index (χ3v) is 6.01. The molecule has 0 aromatic carbocycles. The van der Waals surface area contributed by atoms with Crippen LogP contribution in [0.3, 0.4) is 0 Å². The molecule has 0 aromatic rings. The number of aliphatic hydroxyl groups excluding tert-OH is 1. The number of ether oxygens (including phenoxy) is 1. The van der Waals surface area contributed by atoms with Crippen molar-refractivity contribution in [1.29, 1.82) is 0 Å². The molecule has 226 valence electrons. The highest BCUT2D eigenvalue weighted by molar-refractivity contribution is 7.47. The van der Waals surface area contributed by atoms with Crippen LogP contribution in [-0.2, 0) is 23.1 Å². The summed E-state index contributed by atoms with van der Waals surface area (Å²) in [6.45, 7) is 1.24. The Morgan fingerprint density at radius 1 is 0.750 bits per heavy atom. The van der Waals surface area contributed by atoms with Gasteiger partial charge in [0.2, 0.25) is 0 Å². The van der Waals surface area contributed by atoms with Crippen molar-refractivity contribution in [3.05, 3.63) is 85.1 Å². The summed E-state index contributed by atoms with van der Waals surface area (Å²) in [5, 5.41) is 9.70. The lowest BCUT2D eigenvalue weighted by Gasteiger charge is -2.15. The van der Waals surface area contributed by atoms with Crippen LogP contribution in [0, 0.1) is 0 Å². The number of nitrogens with two attached hydrogens (primary N) is 1. The van der Waals surface area contributed by atoms with Crippen LogP contribution < -0.4 is 5.73 Å². The predicted molar refractivity (Wildman–Crippen MR) is 164 cm³/mol. The van der Waals surface area contributed by atoms with Gasteiger partial charge < -0.3 is 20.5 Å². The Bertz CT molecular complexity index is 875. The first-order valence-electron chi connectivity index (χ1n) is 14.1. The first-order valence-corrected chi connectivity index (χ1v) is 15.6. The van der Waals surface area contributed by atoms with Gasteiger partial charge in [0.25, 0.3) is 0 Å². The van der Waals surface area contributed by atoms with E-state index in [1.54, 1.807) is 0 Å². The number of hydrogen-bond donors (Lipinski definition) is 3. The van der Waals surface area contributed by atoms with Crippen LogP contribution in [0.25, 0.3) is 0 Å². The number of phosphoric acid groups is 1. The summed E-state index contributed by atoms with van der Waals surface area (Å²) in [6, 6.07) is 0. The Balaban J connectivity index is 3.70. The Hall–Kier alpha value is -2.32. The van der Waals surface area contributed by atoms with Crippen LogP contribution in [-0.4, -0.2) is 48.4 Å². The number of allylic oxidation sites excluding steroid dienone is 14. The van der Waals surface area contributed by atoms with Crippen LogP contribution >= 0.6 is 7.82 Å². The summed E-state index contributed by atoms with van der Waals surface area (Å²) >= 11 is 0. The number of hydrogen-bond acceptors (Lipinski definition) is 7. The van der Waals surface area contributed by atoms with Gasteiger partial charge in [-0.3, -0.25) is 13.8 Å². The Labute approximate surface area is 241 Å². The van der Waals surface area contributed by atoms with Gasteiger partial charge in [-0.25, -0.2) is 4.57 Å². The predicted octanol–water partition coefficient (Wildman–Crippen LogP) is 6.80. The van der Waals surface area contributed by atoms with Gasteiger partial charge in [0.15, 0.2) is 0 Å². The van der Waals surface area contributed by atoms with E-state index in [1.807, 2.05) is 6.08 Å². The van der Waals surface area contributed by atoms with E-state index in [2.05, 4.69) is 95.0 Å². The van der Waals surface area contributed by atoms with Gasteiger partial charge in [0.1, 0.15) is 12.7 Å². The molecule has 0 rings (SSSR count). The van der Waals surface area contributed by atoms with Gasteiger partial charge in [-0.15, -0.1) is 0 Å². The monoisotopic (exact) mass is 579 g/mol. The highest BCUT2D eigenvalue weighted by Crippen LogP contribution is 2.42. The minimum absolute atomic E-state index is 0.0613. The zero-order chi connectivity index (χ0) is 29.6. The number of carbonyl (C=O) groups excluding carboxylic acids is 1. The normalized spacial score (nSPS) is 15.2. The molecule has 0 aromatic heterocycles. The molecule has 9 heteroatoms. The Kier molecular flexibility index (Phi) is 26.6. The summed E-state index contributed by atoms with van der Waals surface area (Å²) < 4.78 is 25.5. The molecular formula is C31H50NO7P. The number of rotatable bonds is 25. The van der Waals surface area contributed by atoms with Crippen molar-refractivity contribution in [1.82, 2.24) is 0 Å². The molecule has 0 saturated heterocycles. The van der Waals surface area contributed by atoms with Crippen molar-refractivity contribution < 1.29 is 33.1 Å². The van der Waals surface area contributed by atoms with Crippen molar-refractivity contribution >= 4 is 13.8 Å². The third-order valence-electron chi connectivity index (χ3n) is 5.03. The summed E-state index contributed by atoms with van der Waals surface area (Å²) in [7, 11) is -4.27. The van der Waals surface area contributed by atoms with E-state index < -0.39 is 26.5 Å². The maximum absolute atomic E-state index is 11.7. The molecule has 4 N–H and O–H groups in total. The van der Waals surface area contributed by atoms with Crippen LogP contribution in [0.2, 0.25) is 0 Å². The standard InChI is InChI=1S/C31H50NO7P/c1-2-3-4-5-6-7-8-9-10-11-12-13-14-15-16-17-18-19-20-21-22-23-24-25-31(34)37-28-30(33)29-39-40(35,36)38-27-26-32/h3-4,6-7,9-10,12-13,15-16,18-19,21-22,30,33H,2,5,8,11,14,17,20,23-29,32H2,1H3,(H,35,36)/b4-3-,7-6-,10-9-,13-12-,16-15-,19-18-,22-21-. The molecule has 0 bridgehead atoms. The van der Waals surface area contributed by atoms with Gasteiger partial charge in [0.05, 0.1) is 13.2 Å². The van der Waals surface area contributed by atoms with E-state index in [-0.39, 0.29) is 26.2 Å². The van der Waals surface area contributed by atoms with E-state index in [1.165, 1.54) is 0 Å². The molecule has 0 amide bonds. The zero-order valence-electron chi connectivity index (χ0n) is 24.0. The fourth-order valence-corrected chi connectivity index (χ4v) is 3.74. The first kappa shape index (κ1) is 37.7. The van der Waals surface area contributed by atoms with E-state index in [9.17, 15) is 19.4 Å². The SMILES string of the molecule is CC/C=C\C/C=C\C/C=C\C/C=C\C/C=C\C/C=C\C/C=C\CCCC(=O)OCC(O)COP(=O)(O)OCCN. The minimum atomic E-state index is -4.27. The van der Waals surface area contributed by atoms with E-state index in [0.717, 1.165) is 51.4 Å². The van der Waals surface area contributed by atoms with Gasteiger partial charge in [-0.05, 0) is 57.8 Å². The lowest BCUT2D eigenvalue weighted by atomic mass is 10.2. The average molecular weight is 580 g/mol. The van der Waals surface area contributed by atoms with Crippen molar-refractivity contribution in [2.24, 2.45) is 5.73 Å². The maximum Gasteiger partial charge on any atom is 0.472 e. The summed E-state index contributed by atoms with van der Waals surface area (Å²) in [6.07, 6.45) is 37.3. The Morgan fingerprint density at radius 3 is 1.65 bits per heavy atom.